The maximum atomic E-state index is 13.9. The van der Waals surface area contributed by atoms with Crippen molar-refractivity contribution in [3.8, 4) is 0 Å². The maximum Gasteiger partial charge on any atom is 0.338 e. The molecule has 2 rings (SSSR count). The number of carboxylic acids is 1. The number of aromatic carboxylic acids is 1. The van der Waals surface area contributed by atoms with Gasteiger partial charge in [0.25, 0.3) is 5.91 Å². The fourth-order valence-electron chi connectivity index (χ4n) is 2.42. The van der Waals surface area contributed by atoms with Gasteiger partial charge >= 0.3 is 16.2 Å². The Morgan fingerprint density at radius 2 is 1.96 bits per heavy atom. The number of nitrogens with one attached hydrogen (secondary N) is 1. The normalized spacial score (nSPS) is 18.2. The Morgan fingerprint density at radius 3 is 2.44 bits per heavy atom. The van der Waals surface area contributed by atoms with E-state index in [0.717, 1.165) is 10.4 Å². The highest BCUT2D eigenvalue weighted by atomic mass is 32.2. The first-order valence-corrected chi connectivity index (χ1v) is 8.67. The van der Waals surface area contributed by atoms with Gasteiger partial charge in [-0.15, -0.1) is 0 Å². The quantitative estimate of drug-likeness (QED) is 0.779. The number of rotatable bonds is 5. The van der Waals surface area contributed by atoms with Crippen LogP contribution in [0.25, 0.3) is 0 Å². The van der Waals surface area contributed by atoms with Crippen molar-refractivity contribution in [2.24, 2.45) is 0 Å². The van der Waals surface area contributed by atoms with E-state index >= 15 is 0 Å². The van der Waals surface area contributed by atoms with Crippen LogP contribution in [0, 0.1) is 5.82 Å². The minimum absolute atomic E-state index is 0.0243. The van der Waals surface area contributed by atoms with E-state index in [-0.39, 0.29) is 30.8 Å². The average Bonchev–Trinajstić information content (AvgIpc) is 2.93. The summed E-state index contributed by atoms with van der Waals surface area (Å²) in [6.07, 6.45) is -1.28. The Bertz CT molecular complexity index is 813. The van der Waals surface area contributed by atoms with Crippen molar-refractivity contribution in [1.82, 2.24) is 9.03 Å². The van der Waals surface area contributed by atoms with Crippen LogP contribution in [-0.4, -0.2) is 63.1 Å². The highest BCUT2D eigenvalue weighted by Gasteiger charge is 2.33. The highest BCUT2D eigenvalue weighted by molar-refractivity contribution is 7.87. The first-order chi connectivity index (χ1) is 11.5. The van der Waals surface area contributed by atoms with Crippen LogP contribution in [0.1, 0.15) is 27.1 Å². The molecule has 1 fully saturated rings. The number of alkyl halides is 1. The largest absolute Gasteiger partial charge is 0.478 e. The van der Waals surface area contributed by atoms with Gasteiger partial charge in [0, 0.05) is 27.2 Å². The zero-order valence-electron chi connectivity index (χ0n) is 13.5. The van der Waals surface area contributed by atoms with E-state index in [9.17, 15) is 26.8 Å². The molecular formula is C14H17F2N3O5S. The lowest BCUT2D eigenvalue weighted by molar-refractivity contribution is 0.0691. The SMILES string of the molecule is CN(C)c1cc(C(=O)O)c(F)cc1C(=O)NS(=O)(=O)N1CC[C@@H](F)C1. The molecule has 1 aliphatic heterocycles. The third kappa shape index (κ3) is 4.04. The predicted octanol–water partition coefficient (Wildman–Crippen LogP) is 0.608. The Hall–Kier alpha value is -2.27. The van der Waals surface area contributed by atoms with Gasteiger partial charge in [0.15, 0.2) is 0 Å². The van der Waals surface area contributed by atoms with Crippen molar-refractivity contribution in [2.45, 2.75) is 12.6 Å². The van der Waals surface area contributed by atoms with Crippen LogP contribution in [0.3, 0.4) is 0 Å². The molecule has 0 unspecified atom stereocenters. The number of nitrogens with zero attached hydrogens (tertiary/aromatic N) is 2. The second kappa shape index (κ2) is 6.92. The third-order valence-electron chi connectivity index (χ3n) is 3.70. The molecule has 138 valence electrons. The summed E-state index contributed by atoms with van der Waals surface area (Å²) in [6.45, 7) is -0.438. The van der Waals surface area contributed by atoms with E-state index in [1.54, 1.807) is 4.72 Å². The zero-order chi connectivity index (χ0) is 18.9. The summed E-state index contributed by atoms with van der Waals surface area (Å²) in [7, 11) is -1.32. The molecule has 0 radical (unpaired) electrons. The molecule has 0 saturated carbocycles. The lowest BCUT2D eigenvalue weighted by atomic mass is 10.1. The van der Waals surface area contributed by atoms with Gasteiger partial charge in [-0.05, 0) is 18.6 Å². The van der Waals surface area contributed by atoms with Crippen molar-refractivity contribution in [2.75, 3.05) is 32.1 Å². The van der Waals surface area contributed by atoms with E-state index in [1.165, 1.54) is 19.0 Å². The number of hydrogen-bond acceptors (Lipinski definition) is 5. The van der Waals surface area contributed by atoms with Gasteiger partial charge in [0.05, 0.1) is 16.8 Å². The average molecular weight is 377 g/mol. The Labute approximate surface area is 143 Å². The fraction of sp³-hybridized carbons (Fsp3) is 0.429. The van der Waals surface area contributed by atoms with E-state index in [2.05, 4.69) is 0 Å². The van der Waals surface area contributed by atoms with Crippen LogP contribution in [-0.2, 0) is 10.2 Å². The molecule has 0 bridgehead atoms. The highest BCUT2D eigenvalue weighted by Crippen LogP contribution is 2.24. The lowest BCUT2D eigenvalue weighted by Crippen LogP contribution is -2.42. The summed E-state index contributed by atoms with van der Waals surface area (Å²) in [5, 5.41) is 8.96. The smallest absolute Gasteiger partial charge is 0.338 e. The first-order valence-electron chi connectivity index (χ1n) is 7.23. The predicted molar refractivity (Wildman–Crippen MR) is 85.2 cm³/mol. The van der Waals surface area contributed by atoms with Gasteiger partial charge < -0.3 is 10.0 Å². The van der Waals surface area contributed by atoms with Crippen LogP contribution >= 0.6 is 0 Å². The number of carboxylic acid groups (broad SMARTS) is 1. The fourth-order valence-corrected chi connectivity index (χ4v) is 3.60. The summed E-state index contributed by atoms with van der Waals surface area (Å²) >= 11 is 0. The van der Waals surface area contributed by atoms with Gasteiger partial charge in [-0.1, -0.05) is 0 Å². The topological polar surface area (TPSA) is 107 Å². The second-order valence-corrected chi connectivity index (χ2v) is 7.40. The van der Waals surface area contributed by atoms with E-state index in [1.807, 2.05) is 0 Å². The van der Waals surface area contributed by atoms with Gasteiger partial charge in [-0.2, -0.15) is 12.7 Å². The van der Waals surface area contributed by atoms with Crippen molar-refractivity contribution in [1.29, 1.82) is 0 Å². The molecule has 11 heteroatoms. The summed E-state index contributed by atoms with van der Waals surface area (Å²) in [5.41, 5.74) is -0.980. The van der Waals surface area contributed by atoms with Crippen LogP contribution in [0.15, 0.2) is 12.1 Å². The number of benzene rings is 1. The minimum atomic E-state index is -4.29. The van der Waals surface area contributed by atoms with E-state index in [0.29, 0.717) is 6.07 Å². The Morgan fingerprint density at radius 1 is 1.32 bits per heavy atom. The molecule has 0 aromatic heterocycles. The molecule has 1 saturated heterocycles. The van der Waals surface area contributed by atoms with Gasteiger partial charge in [-0.25, -0.2) is 18.3 Å². The monoisotopic (exact) mass is 377 g/mol. The van der Waals surface area contributed by atoms with Crippen molar-refractivity contribution in [3.63, 3.8) is 0 Å². The number of carbonyl (C=O) groups excluding carboxylic acids is 1. The molecule has 2 N–H and O–H groups in total. The molecule has 1 amide bonds. The van der Waals surface area contributed by atoms with E-state index in [4.69, 9.17) is 5.11 Å². The molecule has 1 aliphatic rings. The third-order valence-corrected chi connectivity index (χ3v) is 5.15. The molecule has 0 spiro atoms. The van der Waals surface area contributed by atoms with Crippen molar-refractivity contribution >= 4 is 27.8 Å². The molecule has 1 aromatic carbocycles. The molecule has 1 heterocycles. The number of halogens is 2. The summed E-state index contributed by atoms with van der Waals surface area (Å²) in [6, 6.07) is 1.60. The number of anilines is 1. The van der Waals surface area contributed by atoms with Crippen molar-refractivity contribution < 1.29 is 31.9 Å². The molecule has 0 aliphatic carbocycles. The van der Waals surface area contributed by atoms with Gasteiger partial charge in [0.1, 0.15) is 12.0 Å². The Balaban J connectivity index is 2.35. The second-order valence-electron chi connectivity index (χ2n) is 5.73. The zero-order valence-corrected chi connectivity index (χ0v) is 14.3. The summed E-state index contributed by atoms with van der Waals surface area (Å²) in [4.78, 5) is 24.7. The standard InChI is InChI=1S/C14H17F2N3O5S/c1-18(2)12-6-9(14(21)22)11(16)5-10(12)13(20)17-25(23,24)19-4-3-8(15)7-19/h5-6,8H,3-4,7H2,1-2H3,(H,17,20)(H,21,22)/t8-/m1/s1. The maximum absolute atomic E-state index is 13.9. The molecule has 1 aromatic rings. The summed E-state index contributed by atoms with van der Waals surface area (Å²) in [5.74, 6) is -3.83. The van der Waals surface area contributed by atoms with Gasteiger partial charge in [-0.3, -0.25) is 4.79 Å². The number of carbonyl (C=O) groups is 2. The molecule has 8 nitrogen and oxygen atoms in total. The lowest BCUT2D eigenvalue weighted by Gasteiger charge is -2.20. The Kier molecular flexibility index (Phi) is 5.28. The van der Waals surface area contributed by atoms with E-state index < -0.39 is 39.6 Å². The van der Waals surface area contributed by atoms with Crippen LogP contribution in [0.2, 0.25) is 0 Å². The summed E-state index contributed by atoms with van der Waals surface area (Å²) < 4.78 is 53.9. The molecule has 25 heavy (non-hydrogen) atoms. The molecule has 1 atom stereocenters. The first kappa shape index (κ1) is 19.1. The molecular weight excluding hydrogens is 360 g/mol. The number of hydrogen-bond donors (Lipinski definition) is 2. The van der Waals surface area contributed by atoms with Crippen molar-refractivity contribution in [3.05, 3.63) is 29.1 Å². The number of amides is 1. The van der Waals surface area contributed by atoms with Crippen LogP contribution in [0.4, 0.5) is 14.5 Å². The minimum Gasteiger partial charge on any atom is -0.478 e. The van der Waals surface area contributed by atoms with Gasteiger partial charge in [0.2, 0.25) is 0 Å². The van der Waals surface area contributed by atoms with Crippen LogP contribution < -0.4 is 9.62 Å². The van der Waals surface area contributed by atoms with Crippen LogP contribution in [0.5, 0.6) is 0 Å².